The molecule has 158 valence electrons. The van der Waals surface area contributed by atoms with Crippen molar-refractivity contribution in [2.24, 2.45) is 7.05 Å². The Morgan fingerprint density at radius 3 is 2.27 bits per heavy atom. The molecule has 0 aliphatic rings. The van der Waals surface area contributed by atoms with Crippen molar-refractivity contribution in [2.75, 3.05) is 21.3 Å². The third kappa shape index (κ3) is 4.32. The fraction of sp³-hybridized carbons (Fsp3) is 0.273. The number of nitrogens with zero attached hydrogens (tertiary/aromatic N) is 1. The average molecular weight is 411 g/mol. The van der Waals surface area contributed by atoms with Gasteiger partial charge in [-0.3, -0.25) is 20.4 Å². The van der Waals surface area contributed by atoms with Gasteiger partial charge in [-0.2, -0.15) is 0 Å². The summed E-state index contributed by atoms with van der Waals surface area (Å²) in [6.07, 6.45) is 2.35. The van der Waals surface area contributed by atoms with Crippen molar-refractivity contribution in [1.82, 2.24) is 15.4 Å². The second kappa shape index (κ2) is 9.21. The number of fused-ring (bicyclic) bond motifs is 1. The van der Waals surface area contributed by atoms with E-state index in [9.17, 15) is 9.59 Å². The second-order valence-corrected chi connectivity index (χ2v) is 6.71. The lowest BCUT2D eigenvalue weighted by molar-refractivity contribution is -0.121. The summed E-state index contributed by atoms with van der Waals surface area (Å²) >= 11 is 0. The van der Waals surface area contributed by atoms with Gasteiger partial charge in [0.1, 0.15) is 0 Å². The highest BCUT2D eigenvalue weighted by Crippen LogP contribution is 2.38. The molecule has 8 heteroatoms. The largest absolute Gasteiger partial charge is 0.493 e. The van der Waals surface area contributed by atoms with Crippen molar-refractivity contribution in [2.45, 2.75) is 12.8 Å². The summed E-state index contributed by atoms with van der Waals surface area (Å²) in [7, 11) is 6.48. The molecule has 0 aliphatic carbocycles. The van der Waals surface area contributed by atoms with E-state index >= 15 is 0 Å². The molecule has 2 amide bonds. The first-order valence-electron chi connectivity index (χ1n) is 9.40. The molecular weight excluding hydrogens is 386 g/mol. The van der Waals surface area contributed by atoms with E-state index in [1.54, 1.807) is 18.3 Å². The summed E-state index contributed by atoms with van der Waals surface area (Å²) < 4.78 is 17.8. The monoisotopic (exact) mass is 411 g/mol. The first kappa shape index (κ1) is 21.0. The minimum absolute atomic E-state index is 0.175. The van der Waals surface area contributed by atoms with Crippen LogP contribution in [0.1, 0.15) is 22.3 Å². The second-order valence-electron chi connectivity index (χ2n) is 6.71. The van der Waals surface area contributed by atoms with Crippen molar-refractivity contribution in [1.29, 1.82) is 0 Å². The highest BCUT2D eigenvalue weighted by atomic mass is 16.5. The topological polar surface area (TPSA) is 90.8 Å². The molecule has 0 saturated heterocycles. The van der Waals surface area contributed by atoms with Crippen LogP contribution in [0.25, 0.3) is 10.9 Å². The minimum atomic E-state index is -0.368. The van der Waals surface area contributed by atoms with Crippen molar-refractivity contribution in [3.63, 3.8) is 0 Å². The Morgan fingerprint density at radius 2 is 1.63 bits per heavy atom. The number of carbonyl (C=O) groups excluding carboxylic acids is 2. The number of benzene rings is 2. The number of nitrogens with one attached hydrogen (secondary N) is 2. The molecule has 8 nitrogen and oxygen atoms in total. The number of rotatable bonds is 7. The Morgan fingerprint density at radius 1 is 0.967 bits per heavy atom. The number of hydrazine groups is 1. The minimum Gasteiger partial charge on any atom is -0.493 e. The first-order chi connectivity index (χ1) is 14.5. The predicted molar refractivity (Wildman–Crippen MR) is 113 cm³/mol. The van der Waals surface area contributed by atoms with E-state index < -0.39 is 0 Å². The molecule has 0 spiro atoms. The van der Waals surface area contributed by atoms with Crippen LogP contribution in [-0.2, 0) is 18.3 Å². The zero-order valence-electron chi connectivity index (χ0n) is 17.4. The summed E-state index contributed by atoms with van der Waals surface area (Å²) in [4.78, 5) is 24.7. The quantitative estimate of drug-likeness (QED) is 0.583. The van der Waals surface area contributed by atoms with Gasteiger partial charge in [-0.05, 0) is 30.2 Å². The maximum atomic E-state index is 12.5. The van der Waals surface area contributed by atoms with Crippen molar-refractivity contribution in [3.8, 4) is 17.2 Å². The van der Waals surface area contributed by atoms with Crippen LogP contribution in [0.5, 0.6) is 17.2 Å². The van der Waals surface area contributed by atoms with Crippen LogP contribution in [0.4, 0.5) is 0 Å². The molecule has 0 fully saturated rings. The number of para-hydroxylation sites is 1. The van der Waals surface area contributed by atoms with E-state index in [2.05, 4.69) is 10.9 Å². The van der Waals surface area contributed by atoms with E-state index in [4.69, 9.17) is 14.2 Å². The Labute approximate surface area is 174 Å². The van der Waals surface area contributed by atoms with E-state index in [1.165, 1.54) is 21.3 Å². The number of carbonyl (C=O) groups is 2. The van der Waals surface area contributed by atoms with Gasteiger partial charge >= 0.3 is 0 Å². The molecule has 1 heterocycles. The molecule has 30 heavy (non-hydrogen) atoms. The summed E-state index contributed by atoms with van der Waals surface area (Å²) in [5.41, 5.74) is 7.24. The maximum absolute atomic E-state index is 12.5. The molecule has 2 N–H and O–H groups in total. The fourth-order valence-electron chi connectivity index (χ4n) is 3.32. The first-order valence-corrected chi connectivity index (χ1v) is 9.40. The van der Waals surface area contributed by atoms with Gasteiger partial charge in [0.25, 0.3) is 5.91 Å². The number of hydrogen-bond donors (Lipinski definition) is 2. The average Bonchev–Trinajstić information content (AvgIpc) is 3.11. The Hall–Kier alpha value is -3.68. The van der Waals surface area contributed by atoms with Crippen LogP contribution in [0.3, 0.4) is 0 Å². The van der Waals surface area contributed by atoms with Crippen molar-refractivity contribution >= 4 is 22.7 Å². The van der Waals surface area contributed by atoms with Gasteiger partial charge in [0, 0.05) is 30.6 Å². The van der Waals surface area contributed by atoms with Crippen molar-refractivity contribution < 1.29 is 23.8 Å². The van der Waals surface area contributed by atoms with Crippen LogP contribution >= 0.6 is 0 Å². The number of amides is 2. The molecule has 0 bridgehead atoms. The predicted octanol–water partition coefficient (Wildman–Crippen LogP) is 2.60. The summed E-state index contributed by atoms with van der Waals surface area (Å²) in [5.74, 6) is 0.869. The van der Waals surface area contributed by atoms with Crippen LogP contribution < -0.4 is 25.1 Å². The normalized spacial score (nSPS) is 10.5. The lowest BCUT2D eigenvalue weighted by atomic mass is 10.1. The Balaban J connectivity index is 1.60. The zero-order chi connectivity index (χ0) is 21.7. The van der Waals surface area contributed by atoms with Gasteiger partial charge in [-0.1, -0.05) is 18.2 Å². The summed E-state index contributed by atoms with van der Waals surface area (Å²) in [6.45, 7) is 0. The number of aryl methyl sites for hydroxylation is 2. The Bertz CT molecular complexity index is 1050. The molecule has 0 unspecified atom stereocenters. The molecule has 0 atom stereocenters. The van der Waals surface area contributed by atoms with Gasteiger partial charge in [0.15, 0.2) is 11.5 Å². The van der Waals surface area contributed by atoms with Crippen LogP contribution in [0.15, 0.2) is 42.6 Å². The highest BCUT2D eigenvalue weighted by Gasteiger charge is 2.16. The van der Waals surface area contributed by atoms with E-state index in [0.717, 1.165) is 16.5 Å². The number of methoxy groups -OCH3 is 3. The van der Waals surface area contributed by atoms with E-state index in [1.807, 2.05) is 35.9 Å². The molecule has 0 saturated carbocycles. The standard InChI is InChI=1S/C22H25N3O5/c1-25-13-16(15-7-5-6-8-17(15)25)22(27)24-23-20(26)10-9-14-11-18(28-2)21(30-4)19(12-14)29-3/h5-8,11-13H,9-10H2,1-4H3,(H,23,26)(H,24,27). The molecule has 0 aliphatic heterocycles. The third-order valence-electron chi connectivity index (χ3n) is 4.82. The third-order valence-corrected chi connectivity index (χ3v) is 4.82. The van der Waals surface area contributed by atoms with Crippen LogP contribution in [0.2, 0.25) is 0 Å². The summed E-state index contributed by atoms with van der Waals surface area (Å²) in [5, 5.41) is 0.823. The van der Waals surface area contributed by atoms with Gasteiger partial charge < -0.3 is 18.8 Å². The molecule has 3 aromatic rings. The fourth-order valence-corrected chi connectivity index (χ4v) is 3.32. The number of hydrogen-bond acceptors (Lipinski definition) is 5. The SMILES string of the molecule is COc1cc(CCC(=O)NNC(=O)c2cn(C)c3ccccc23)cc(OC)c1OC. The molecule has 3 rings (SSSR count). The highest BCUT2D eigenvalue weighted by molar-refractivity contribution is 6.07. The molecular formula is C22H25N3O5. The lowest BCUT2D eigenvalue weighted by Gasteiger charge is -2.14. The molecule has 2 aromatic carbocycles. The lowest BCUT2D eigenvalue weighted by Crippen LogP contribution is -2.41. The number of aromatic nitrogens is 1. The smallest absolute Gasteiger partial charge is 0.271 e. The van der Waals surface area contributed by atoms with E-state index in [0.29, 0.717) is 29.2 Å². The van der Waals surface area contributed by atoms with Gasteiger partial charge in [0.05, 0.1) is 26.9 Å². The Kier molecular flexibility index (Phi) is 6.46. The van der Waals surface area contributed by atoms with E-state index in [-0.39, 0.29) is 18.2 Å². The molecule has 1 aromatic heterocycles. The summed E-state index contributed by atoms with van der Waals surface area (Å²) in [6, 6.07) is 11.2. The van der Waals surface area contributed by atoms with Crippen molar-refractivity contribution in [3.05, 3.63) is 53.7 Å². The zero-order valence-corrected chi connectivity index (χ0v) is 17.4. The van der Waals surface area contributed by atoms with Gasteiger partial charge in [-0.25, -0.2) is 0 Å². The maximum Gasteiger partial charge on any atom is 0.271 e. The van der Waals surface area contributed by atoms with Gasteiger partial charge in [-0.15, -0.1) is 0 Å². The molecule has 0 radical (unpaired) electrons. The van der Waals surface area contributed by atoms with Crippen LogP contribution in [-0.4, -0.2) is 37.7 Å². The van der Waals surface area contributed by atoms with Crippen LogP contribution in [0, 0.1) is 0 Å². The number of ether oxygens (including phenoxy) is 3. The van der Waals surface area contributed by atoms with Gasteiger partial charge in [0.2, 0.25) is 11.7 Å².